The Labute approximate surface area is 102 Å². The number of hydrogen-bond acceptors (Lipinski definition) is 4. The van der Waals surface area contributed by atoms with Crippen LogP contribution in [-0.2, 0) is 14.3 Å². The van der Waals surface area contributed by atoms with E-state index in [1.54, 1.807) is 14.2 Å². The van der Waals surface area contributed by atoms with Gasteiger partial charge in [0.1, 0.15) is 0 Å². The van der Waals surface area contributed by atoms with Crippen molar-refractivity contribution in [2.75, 3.05) is 40.4 Å². The van der Waals surface area contributed by atoms with Crippen LogP contribution in [0.25, 0.3) is 0 Å². The van der Waals surface area contributed by atoms with Crippen molar-refractivity contribution in [1.82, 2.24) is 16.0 Å². The van der Waals surface area contributed by atoms with Crippen LogP contribution >= 0.6 is 0 Å². The Balaban J connectivity index is 3.22. The van der Waals surface area contributed by atoms with E-state index >= 15 is 0 Å². The van der Waals surface area contributed by atoms with Gasteiger partial charge in [-0.15, -0.1) is 0 Å². The van der Waals surface area contributed by atoms with Crippen LogP contribution in [0.5, 0.6) is 0 Å². The lowest BCUT2D eigenvalue weighted by molar-refractivity contribution is -0.122. The van der Waals surface area contributed by atoms with Crippen molar-refractivity contribution in [3.05, 3.63) is 0 Å². The van der Waals surface area contributed by atoms with Gasteiger partial charge in [0.25, 0.3) is 0 Å². The monoisotopic (exact) mass is 245 g/mol. The molecule has 0 saturated heterocycles. The normalized spacial score (nSPS) is 10.0. The molecule has 3 N–H and O–H groups in total. The topological polar surface area (TPSA) is 79.5 Å². The second-order valence-corrected chi connectivity index (χ2v) is 3.62. The van der Waals surface area contributed by atoms with Crippen molar-refractivity contribution in [1.29, 1.82) is 0 Å². The van der Waals surface area contributed by atoms with Crippen LogP contribution in [-0.4, -0.2) is 52.2 Å². The van der Waals surface area contributed by atoms with E-state index in [4.69, 9.17) is 4.74 Å². The van der Waals surface area contributed by atoms with Crippen LogP contribution in [0.4, 0.5) is 0 Å². The van der Waals surface area contributed by atoms with Crippen molar-refractivity contribution < 1.29 is 14.3 Å². The van der Waals surface area contributed by atoms with E-state index in [-0.39, 0.29) is 11.8 Å². The zero-order chi connectivity index (χ0) is 12.9. The summed E-state index contributed by atoms with van der Waals surface area (Å²) in [6.45, 7) is 2.46. The highest BCUT2D eigenvalue weighted by molar-refractivity contribution is 5.76. The fourth-order valence-electron chi connectivity index (χ4n) is 1.21. The molecule has 0 bridgehead atoms. The fourth-order valence-corrected chi connectivity index (χ4v) is 1.21. The molecule has 0 aliphatic carbocycles. The van der Waals surface area contributed by atoms with Gasteiger partial charge in [-0.3, -0.25) is 9.59 Å². The van der Waals surface area contributed by atoms with Crippen LogP contribution in [0.15, 0.2) is 0 Å². The third-order valence-corrected chi connectivity index (χ3v) is 2.19. The van der Waals surface area contributed by atoms with Crippen LogP contribution in [0.2, 0.25) is 0 Å². The fraction of sp³-hybridized carbons (Fsp3) is 0.818. The summed E-state index contributed by atoms with van der Waals surface area (Å²) >= 11 is 0. The highest BCUT2D eigenvalue weighted by atomic mass is 16.5. The summed E-state index contributed by atoms with van der Waals surface area (Å²) in [5.41, 5.74) is 0. The average Bonchev–Trinajstić information content (AvgIpc) is 2.33. The summed E-state index contributed by atoms with van der Waals surface area (Å²) < 4.78 is 4.81. The minimum Gasteiger partial charge on any atom is -0.383 e. The summed E-state index contributed by atoms with van der Waals surface area (Å²) in [7, 11) is 3.22. The Morgan fingerprint density at radius 1 is 1.06 bits per heavy atom. The third kappa shape index (κ3) is 11.1. The minimum absolute atomic E-state index is 0.0147. The Bertz CT molecular complexity index is 222. The maximum atomic E-state index is 11.2. The second kappa shape index (κ2) is 11.3. The SMILES string of the molecule is CNC(=O)CCCNCCC(=O)NCCOC. The zero-order valence-electron chi connectivity index (χ0n) is 10.7. The van der Waals surface area contributed by atoms with Gasteiger partial charge in [0.05, 0.1) is 6.61 Å². The first kappa shape index (κ1) is 15.9. The van der Waals surface area contributed by atoms with Crippen molar-refractivity contribution in [3.63, 3.8) is 0 Å². The number of ether oxygens (including phenoxy) is 1. The van der Waals surface area contributed by atoms with Gasteiger partial charge in [0.15, 0.2) is 0 Å². The molecule has 0 aromatic carbocycles. The van der Waals surface area contributed by atoms with Gasteiger partial charge in [-0.25, -0.2) is 0 Å². The molecule has 6 heteroatoms. The van der Waals surface area contributed by atoms with E-state index in [9.17, 15) is 9.59 Å². The van der Waals surface area contributed by atoms with Crippen molar-refractivity contribution >= 4 is 11.8 Å². The number of carbonyl (C=O) groups excluding carboxylic acids is 2. The van der Waals surface area contributed by atoms with E-state index in [0.29, 0.717) is 32.5 Å². The van der Waals surface area contributed by atoms with E-state index in [1.165, 1.54) is 0 Å². The summed E-state index contributed by atoms with van der Waals surface area (Å²) in [5, 5.41) is 8.41. The lowest BCUT2D eigenvalue weighted by atomic mass is 10.3. The van der Waals surface area contributed by atoms with E-state index < -0.39 is 0 Å². The Hall–Kier alpha value is -1.14. The predicted molar refractivity (Wildman–Crippen MR) is 65.7 cm³/mol. The number of amides is 2. The molecule has 0 radical (unpaired) electrons. The molecule has 17 heavy (non-hydrogen) atoms. The molecule has 0 aliphatic heterocycles. The van der Waals surface area contributed by atoms with Crippen molar-refractivity contribution in [2.24, 2.45) is 0 Å². The maximum Gasteiger partial charge on any atom is 0.221 e. The Kier molecular flexibility index (Phi) is 10.6. The standard InChI is InChI=1S/C11H23N3O3/c1-12-10(15)4-3-6-13-7-5-11(16)14-8-9-17-2/h13H,3-9H2,1-2H3,(H,12,15)(H,14,16). The number of carbonyl (C=O) groups is 2. The van der Waals surface area contributed by atoms with Gasteiger partial charge in [0, 0.05) is 40.1 Å². The number of hydrogen-bond donors (Lipinski definition) is 3. The molecular weight excluding hydrogens is 222 g/mol. The van der Waals surface area contributed by atoms with Crippen LogP contribution in [0.1, 0.15) is 19.3 Å². The molecule has 0 aliphatic rings. The highest BCUT2D eigenvalue weighted by Gasteiger charge is 2.00. The molecule has 0 heterocycles. The summed E-state index contributed by atoms with van der Waals surface area (Å²) in [6, 6.07) is 0. The molecule has 100 valence electrons. The predicted octanol–water partition coefficient (Wildman–Crippen LogP) is -0.745. The van der Waals surface area contributed by atoms with Crippen molar-refractivity contribution in [3.8, 4) is 0 Å². The average molecular weight is 245 g/mol. The molecule has 0 fully saturated rings. The van der Waals surface area contributed by atoms with Crippen LogP contribution in [0, 0.1) is 0 Å². The Morgan fingerprint density at radius 2 is 1.82 bits per heavy atom. The van der Waals surface area contributed by atoms with Crippen LogP contribution in [0.3, 0.4) is 0 Å². The quantitative estimate of drug-likeness (QED) is 0.443. The maximum absolute atomic E-state index is 11.2. The lowest BCUT2D eigenvalue weighted by Crippen LogP contribution is -2.30. The van der Waals surface area contributed by atoms with Gasteiger partial charge in [-0.1, -0.05) is 0 Å². The first-order chi connectivity index (χ1) is 8.20. The Morgan fingerprint density at radius 3 is 2.47 bits per heavy atom. The van der Waals surface area contributed by atoms with Crippen molar-refractivity contribution in [2.45, 2.75) is 19.3 Å². The van der Waals surface area contributed by atoms with Gasteiger partial charge >= 0.3 is 0 Å². The van der Waals surface area contributed by atoms with E-state index in [0.717, 1.165) is 13.0 Å². The van der Waals surface area contributed by atoms with Gasteiger partial charge in [0.2, 0.25) is 11.8 Å². The van der Waals surface area contributed by atoms with Gasteiger partial charge in [-0.05, 0) is 13.0 Å². The lowest BCUT2D eigenvalue weighted by Gasteiger charge is -2.05. The van der Waals surface area contributed by atoms with Crippen LogP contribution < -0.4 is 16.0 Å². The first-order valence-corrected chi connectivity index (χ1v) is 5.87. The van der Waals surface area contributed by atoms with E-state index in [2.05, 4.69) is 16.0 Å². The van der Waals surface area contributed by atoms with Gasteiger partial charge in [-0.2, -0.15) is 0 Å². The molecular formula is C11H23N3O3. The van der Waals surface area contributed by atoms with E-state index in [1.807, 2.05) is 0 Å². The molecule has 2 amide bonds. The molecule has 6 nitrogen and oxygen atoms in total. The molecule has 0 saturated carbocycles. The molecule has 0 aromatic rings. The highest BCUT2D eigenvalue weighted by Crippen LogP contribution is 1.86. The molecule has 0 unspecified atom stereocenters. The second-order valence-electron chi connectivity index (χ2n) is 3.62. The minimum atomic E-state index is 0.0147. The van der Waals surface area contributed by atoms with Gasteiger partial charge < -0.3 is 20.7 Å². The zero-order valence-corrected chi connectivity index (χ0v) is 10.7. The largest absolute Gasteiger partial charge is 0.383 e. The number of nitrogens with one attached hydrogen (secondary N) is 3. The third-order valence-electron chi connectivity index (χ3n) is 2.19. The molecule has 0 rings (SSSR count). The summed E-state index contributed by atoms with van der Waals surface area (Å²) in [4.78, 5) is 22.1. The number of methoxy groups -OCH3 is 1. The summed E-state index contributed by atoms with van der Waals surface area (Å²) in [5.74, 6) is 0.0601. The number of rotatable bonds is 10. The molecule has 0 spiro atoms. The smallest absolute Gasteiger partial charge is 0.221 e. The first-order valence-electron chi connectivity index (χ1n) is 5.87. The molecule has 0 atom stereocenters. The molecule has 0 aromatic heterocycles. The summed E-state index contributed by atoms with van der Waals surface area (Å²) in [6.07, 6.45) is 1.75.